The number of carbonyl (C=O) groups is 2. The Morgan fingerprint density at radius 2 is 1.94 bits per heavy atom. The number of nitrogens with one attached hydrogen (secondary N) is 1. The summed E-state index contributed by atoms with van der Waals surface area (Å²) in [6, 6.07) is 0. The number of ether oxygens (including phenoxy) is 2. The minimum atomic E-state index is -0.614. The summed E-state index contributed by atoms with van der Waals surface area (Å²) in [5, 5.41) is 3.18. The fourth-order valence-corrected chi connectivity index (χ4v) is 0.926. The van der Waals surface area contributed by atoms with E-state index in [2.05, 4.69) is 16.6 Å². The normalized spacial score (nSPS) is 11.9. The van der Waals surface area contributed by atoms with E-state index in [1.165, 1.54) is 6.92 Å². The summed E-state index contributed by atoms with van der Waals surface area (Å²) >= 11 is 0. The van der Waals surface area contributed by atoms with Gasteiger partial charge in [0, 0.05) is 18.2 Å². The fourth-order valence-electron chi connectivity index (χ4n) is 0.926. The molecule has 0 spiro atoms. The molecule has 5 nitrogen and oxygen atoms in total. The molecule has 0 aliphatic carbocycles. The van der Waals surface area contributed by atoms with Crippen LogP contribution >= 0.6 is 0 Å². The molecule has 5 heteroatoms. The van der Waals surface area contributed by atoms with Gasteiger partial charge in [-0.3, -0.25) is 0 Å². The van der Waals surface area contributed by atoms with Crippen LogP contribution in [0.15, 0.2) is 24.5 Å². The standard InChI is InChI=1S/C13H21NO4/c1-6-11(15)18-9-10(2)12(16)17-8-7-14-13(3,4)5/h6,9,14H,1,7-8H2,2-5H3. The number of esters is 2. The second-order valence-electron chi connectivity index (χ2n) is 4.75. The van der Waals surface area contributed by atoms with Crippen LogP contribution < -0.4 is 5.32 Å². The van der Waals surface area contributed by atoms with Gasteiger partial charge in [0.25, 0.3) is 0 Å². The molecule has 0 heterocycles. The third-order valence-electron chi connectivity index (χ3n) is 1.83. The van der Waals surface area contributed by atoms with Crippen molar-refractivity contribution in [3.05, 3.63) is 24.5 Å². The lowest BCUT2D eigenvalue weighted by Gasteiger charge is -2.20. The molecule has 0 aliphatic heterocycles. The summed E-state index contributed by atoms with van der Waals surface area (Å²) in [6.07, 6.45) is 2.08. The molecular weight excluding hydrogens is 234 g/mol. The Kier molecular flexibility index (Phi) is 6.97. The maximum absolute atomic E-state index is 11.4. The minimum Gasteiger partial charge on any atom is -0.461 e. The van der Waals surface area contributed by atoms with Crippen molar-refractivity contribution in [2.45, 2.75) is 33.2 Å². The number of hydrogen-bond acceptors (Lipinski definition) is 5. The zero-order valence-electron chi connectivity index (χ0n) is 11.4. The molecule has 0 bridgehead atoms. The highest BCUT2D eigenvalue weighted by Crippen LogP contribution is 1.99. The molecule has 1 N–H and O–H groups in total. The molecule has 0 atom stereocenters. The van der Waals surface area contributed by atoms with E-state index in [0.717, 1.165) is 12.3 Å². The van der Waals surface area contributed by atoms with E-state index in [9.17, 15) is 9.59 Å². The van der Waals surface area contributed by atoms with Gasteiger partial charge in [0.15, 0.2) is 0 Å². The maximum Gasteiger partial charge on any atom is 0.336 e. The van der Waals surface area contributed by atoms with Crippen LogP contribution in [-0.4, -0.2) is 30.6 Å². The maximum atomic E-state index is 11.4. The Labute approximate surface area is 108 Å². The quantitative estimate of drug-likeness (QED) is 0.337. The molecule has 0 aromatic rings. The summed E-state index contributed by atoms with van der Waals surface area (Å²) in [7, 11) is 0. The zero-order valence-corrected chi connectivity index (χ0v) is 11.4. The van der Waals surface area contributed by atoms with Gasteiger partial charge in [-0.15, -0.1) is 0 Å². The average molecular weight is 255 g/mol. The Hall–Kier alpha value is -1.62. The van der Waals surface area contributed by atoms with Gasteiger partial charge in [-0.25, -0.2) is 9.59 Å². The highest BCUT2D eigenvalue weighted by Gasteiger charge is 2.10. The van der Waals surface area contributed by atoms with Crippen molar-refractivity contribution in [3.63, 3.8) is 0 Å². The summed E-state index contributed by atoms with van der Waals surface area (Å²) in [5.41, 5.74) is 0.206. The zero-order chi connectivity index (χ0) is 14.2. The molecule has 0 aliphatic rings. The van der Waals surface area contributed by atoms with E-state index in [4.69, 9.17) is 4.74 Å². The lowest BCUT2D eigenvalue weighted by atomic mass is 10.1. The first-order chi connectivity index (χ1) is 8.26. The molecule has 0 saturated heterocycles. The molecule has 0 aromatic heterocycles. The fraction of sp³-hybridized carbons (Fsp3) is 0.538. The highest BCUT2D eigenvalue weighted by molar-refractivity contribution is 5.88. The van der Waals surface area contributed by atoms with Crippen LogP contribution in [0.3, 0.4) is 0 Å². The van der Waals surface area contributed by atoms with Gasteiger partial charge in [0.1, 0.15) is 12.9 Å². The summed E-state index contributed by atoms with van der Waals surface area (Å²) in [6.45, 7) is 11.6. The topological polar surface area (TPSA) is 64.6 Å². The van der Waals surface area contributed by atoms with Crippen molar-refractivity contribution >= 4 is 11.9 Å². The Bertz CT molecular complexity index is 339. The van der Waals surface area contributed by atoms with Crippen molar-refractivity contribution in [3.8, 4) is 0 Å². The molecule has 18 heavy (non-hydrogen) atoms. The van der Waals surface area contributed by atoms with Crippen LogP contribution in [0.4, 0.5) is 0 Å². The molecule has 0 amide bonds. The monoisotopic (exact) mass is 255 g/mol. The highest BCUT2D eigenvalue weighted by atomic mass is 16.5. The smallest absolute Gasteiger partial charge is 0.336 e. The van der Waals surface area contributed by atoms with Crippen LogP contribution in [0, 0.1) is 0 Å². The van der Waals surface area contributed by atoms with Crippen molar-refractivity contribution in [2.24, 2.45) is 0 Å². The predicted molar refractivity (Wildman–Crippen MR) is 68.8 cm³/mol. The number of hydrogen-bond donors (Lipinski definition) is 1. The van der Waals surface area contributed by atoms with Gasteiger partial charge < -0.3 is 14.8 Å². The van der Waals surface area contributed by atoms with E-state index in [0.29, 0.717) is 6.54 Å². The van der Waals surface area contributed by atoms with Crippen molar-refractivity contribution < 1.29 is 19.1 Å². The second kappa shape index (κ2) is 7.66. The van der Waals surface area contributed by atoms with Gasteiger partial charge in [0.05, 0.1) is 5.57 Å². The molecule has 0 unspecified atom stereocenters. The summed E-state index contributed by atoms with van der Waals surface area (Å²) in [4.78, 5) is 22.2. The molecular formula is C13H21NO4. The van der Waals surface area contributed by atoms with Gasteiger partial charge in [-0.05, 0) is 27.7 Å². The molecule has 0 aromatic carbocycles. The van der Waals surface area contributed by atoms with Crippen molar-refractivity contribution in [1.29, 1.82) is 0 Å². The summed E-state index contributed by atoms with van der Waals surface area (Å²) < 4.78 is 9.58. The molecule has 0 fully saturated rings. The largest absolute Gasteiger partial charge is 0.461 e. The number of carbonyl (C=O) groups excluding carboxylic acids is 2. The van der Waals surface area contributed by atoms with Crippen LogP contribution in [0.2, 0.25) is 0 Å². The van der Waals surface area contributed by atoms with Gasteiger partial charge in [-0.2, -0.15) is 0 Å². The Morgan fingerprint density at radius 1 is 1.33 bits per heavy atom. The molecule has 0 radical (unpaired) electrons. The first-order valence-corrected chi connectivity index (χ1v) is 5.68. The average Bonchev–Trinajstić information content (AvgIpc) is 2.29. The van der Waals surface area contributed by atoms with E-state index < -0.39 is 11.9 Å². The van der Waals surface area contributed by atoms with E-state index in [-0.39, 0.29) is 17.7 Å². The molecule has 102 valence electrons. The minimum absolute atomic E-state index is 0.0171. The van der Waals surface area contributed by atoms with E-state index in [1.54, 1.807) is 0 Å². The Morgan fingerprint density at radius 3 is 2.44 bits per heavy atom. The van der Waals surface area contributed by atoms with Gasteiger partial charge in [0.2, 0.25) is 0 Å². The van der Waals surface area contributed by atoms with Crippen LogP contribution in [0.1, 0.15) is 27.7 Å². The van der Waals surface area contributed by atoms with Crippen LogP contribution in [-0.2, 0) is 19.1 Å². The second-order valence-corrected chi connectivity index (χ2v) is 4.75. The third-order valence-corrected chi connectivity index (χ3v) is 1.83. The first kappa shape index (κ1) is 16.4. The lowest BCUT2D eigenvalue weighted by molar-refractivity contribution is -0.139. The lowest BCUT2D eigenvalue weighted by Crippen LogP contribution is -2.38. The van der Waals surface area contributed by atoms with Gasteiger partial charge in [-0.1, -0.05) is 6.58 Å². The first-order valence-electron chi connectivity index (χ1n) is 5.68. The van der Waals surface area contributed by atoms with Crippen LogP contribution in [0.5, 0.6) is 0 Å². The van der Waals surface area contributed by atoms with Crippen LogP contribution in [0.25, 0.3) is 0 Å². The summed E-state index contributed by atoms with van der Waals surface area (Å²) in [5.74, 6) is -1.13. The molecule has 0 saturated carbocycles. The van der Waals surface area contributed by atoms with Gasteiger partial charge >= 0.3 is 11.9 Å². The molecule has 0 rings (SSSR count). The predicted octanol–water partition coefficient (Wildman–Crippen LogP) is 1.55. The van der Waals surface area contributed by atoms with Crippen molar-refractivity contribution in [1.82, 2.24) is 5.32 Å². The Balaban J connectivity index is 3.95. The SMILES string of the molecule is C=CC(=O)OC=C(C)C(=O)OCCNC(C)(C)C. The van der Waals surface area contributed by atoms with Crippen molar-refractivity contribution in [2.75, 3.05) is 13.2 Å². The number of rotatable bonds is 6. The van der Waals surface area contributed by atoms with E-state index >= 15 is 0 Å². The third kappa shape index (κ3) is 8.52. The van der Waals surface area contributed by atoms with E-state index in [1.807, 2.05) is 20.8 Å².